The maximum atomic E-state index is 5.76. The van der Waals surface area contributed by atoms with Crippen LogP contribution in [0.25, 0.3) is 0 Å². The minimum absolute atomic E-state index is 0.401. The zero-order valence-electron chi connectivity index (χ0n) is 11.6. The summed E-state index contributed by atoms with van der Waals surface area (Å²) in [6.07, 6.45) is 2.39. The number of hydrogen-bond donors (Lipinski definition) is 2. The second-order valence-electron chi connectivity index (χ2n) is 5.09. The van der Waals surface area contributed by atoms with Crippen molar-refractivity contribution in [3.05, 3.63) is 23.4 Å². The molecule has 1 aliphatic heterocycles. The highest BCUT2D eigenvalue weighted by atomic mass is 32.1. The van der Waals surface area contributed by atoms with E-state index in [2.05, 4.69) is 22.1 Å². The third kappa shape index (κ3) is 3.64. The summed E-state index contributed by atoms with van der Waals surface area (Å²) < 4.78 is 0. The predicted molar refractivity (Wildman–Crippen MR) is 83.6 cm³/mol. The lowest BCUT2D eigenvalue weighted by Crippen LogP contribution is -2.42. The minimum atomic E-state index is 0.401. The summed E-state index contributed by atoms with van der Waals surface area (Å²) in [4.78, 5) is 7.40. The van der Waals surface area contributed by atoms with E-state index in [4.69, 9.17) is 18.0 Å². The number of hydrogen-bond acceptors (Lipinski definition) is 4. The SMILES string of the molecule is CCN1CCCC(Nc2nc(C)ccc2C(N)=S)C1. The van der Waals surface area contributed by atoms with Crippen LogP contribution in [0.2, 0.25) is 0 Å². The van der Waals surface area contributed by atoms with E-state index in [0.717, 1.165) is 30.2 Å². The van der Waals surface area contributed by atoms with Crippen molar-refractivity contribution >= 4 is 23.0 Å². The quantitative estimate of drug-likeness (QED) is 0.824. The van der Waals surface area contributed by atoms with Crippen LogP contribution in [-0.2, 0) is 0 Å². The highest BCUT2D eigenvalue weighted by Gasteiger charge is 2.20. The average molecular weight is 278 g/mol. The van der Waals surface area contributed by atoms with Gasteiger partial charge in [0, 0.05) is 18.3 Å². The van der Waals surface area contributed by atoms with Gasteiger partial charge in [-0.1, -0.05) is 19.1 Å². The third-order valence-electron chi connectivity index (χ3n) is 3.59. The average Bonchev–Trinajstić information content (AvgIpc) is 2.38. The van der Waals surface area contributed by atoms with Crippen molar-refractivity contribution in [2.45, 2.75) is 32.7 Å². The molecule has 4 nitrogen and oxygen atoms in total. The number of nitrogens with zero attached hydrogens (tertiary/aromatic N) is 2. The first-order valence-corrected chi connectivity index (χ1v) is 7.27. The Balaban J connectivity index is 2.13. The van der Waals surface area contributed by atoms with Gasteiger partial charge in [-0.25, -0.2) is 4.98 Å². The molecular formula is C14H22N4S. The van der Waals surface area contributed by atoms with Gasteiger partial charge in [0.15, 0.2) is 0 Å². The first kappa shape index (κ1) is 14.2. The van der Waals surface area contributed by atoms with Gasteiger partial charge in [-0.3, -0.25) is 0 Å². The fourth-order valence-electron chi connectivity index (χ4n) is 2.52. The van der Waals surface area contributed by atoms with E-state index in [1.807, 2.05) is 19.1 Å². The van der Waals surface area contributed by atoms with Crippen LogP contribution in [0.5, 0.6) is 0 Å². The van der Waals surface area contributed by atoms with Gasteiger partial charge in [0.2, 0.25) is 0 Å². The minimum Gasteiger partial charge on any atom is -0.389 e. The Labute approximate surface area is 120 Å². The van der Waals surface area contributed by atoms with Crippen LogP contribution >= 0.6 is 12.2 Å². The molecule has 1 atom stereocenters. The van der Waals surface area contributed by atoms with Crippen LogP contribution in [0, 0.1) is 6.92 Å². The highest BCUT2D eigenvalue weighted by Crippen LogP contribution is 2.18. The predicted octanol–water partition coefficient (Wildman–Crippen LogP) is 1.92. The summed E-state index contributed by atoms with van der Waals surface area (Å²) >= 11 is 5.09. The van der Waals surface area contributed by atoms with E-state index in [-0.39, 0.29) is 0 Å². The second-order valence-corrected chi connectivity index (χ2v) is 5.53. The molecule has 1 fully saturated rings. The molecule has 2 rings (SSSR count). The number of likely N-dealkylation sites (N-methyl/N-ethyl adjacent to an activating group) is 1. The Hall–Kier alpha value is -1.20. The van der Waals surface area contributed by atoms with Crippen LogP contribution < -0.4 is 11.1 Å². The normalized spacial score (nSPS) is 20.2. The first-order valence-electron chi connectivity index (χ1n) is 6.86. The van der Waals surface area contributed by atoms with Crippen molar-refractivity contribution in [1.82, 2.24) is 9.88 Å². The van der Waals surface area contributed by atoms with Crippen molar-refractivity contribution < 1.29 is 0 Å². The molecule has 1 aliphatic rings. The smallest absolute Gasteiger partial charge is 0.136 e. The molecule has 0 bridgehead atoms. The molecule has 19 heavy (non-hydrogen) atoms. The maximum Gasteiger partial charge on any atom is 0.136 e. The van der Waals surface area contributed by atoms with Gasteiger partial charge in [0.05, 0.1) is 5.56 Å². The molecule has 1 saturated heterocycles. The summed E-state index contributed by atoms with van der Waals surface area (Å²) in [5.41, 5.74) is 7.58. The van der Waals surface area contributed by atoms with E-state index in [1.54, 1.807) is 0 Å². The Morgan fingerprint density at radius 1 is 1.58 bits per heavy atom. The van der Waals surface area contributed by atoms with Gasteiger partial charge in [-0.05, 0) is 45.0 Å². The fraction of sp³-hybridized carbons (Fsp3) is 0.571. The van der Waals surface area contributed by atoms with Gasteiger partial charge < -0.3 is 16.0 Å². The molecule has 104 valence electrons. The highest BCUT2D eigenvalue weighted by molar-refractivity contribution is 7.80. The summed E-state index contributed by atoms with van der Waals surface area (Å²) in [5, 5.41) is 3.52. The fourth-order valence-corrected chi connectivity index (χ4v) is 2.68. The second kappa shape index (κ2) is 6.30. The van der Waals surface area contributed by atoms with Crippen LogP contribution in [0.1, 0.15) is 31.0 Å². The molecule has 5 heteroatoms. The number of nitrogens with two attached hydrogens (primary N) is 1. The molecule has 0 aromatic carbocycles. The van der Waals surface area contributed by atoms with Gasteiger partial charge in [0.1, 0.15) is 10.8 Å². The zero-order valence-corrected chi connectivity index (χ0v) is 12.5. The summed E-state index contributed by atoms with van der Waals surface area (Å²) in [5.74, 6) is 0.829. The van der Waals surface area contributed by atoms with Crippen molar-refractivity contribution in [2.75, 3.05) is 25.0 Å². The van der Waals surface area contributed by atoms with Crippen LogP contribution in [-0.4, -0.2) is 40.5 Å². The van der Waals surface area contributed by atoms with Crippen LogP contribution in [0.3, 0.4) is 0 Å². The number of piperidine rings is 1. The molecule has 2 heterocycles. The largest absolute Gasteiger partial charge is 0.389 e. The number of pyridine rings is 1. The van der Waals surface area contributed by atoms with Gasteiger partial charge in [-0.15, -0.1) is 0 Å². The standard InChI is InChI=1S/C14H22N4S/c1-3-18-8-4-5-11(9-18)17-14-12(13(15)19)7-6-10(2)16-14/h6-7,11H,3-5,8-9H2,1-2H3,(H2,15,19)(H,16,17). The lowest BCUT2D eigenvalue weighted by atomic mass is 10.1. The molecule has 0 aliphatic carbocycles. The lowest BCUT2D eigenvalue weighted by Gasteiger charge is -2.32. The molecule has 0 amide bonds. The third-order valence-corrected chi connectivity index (χ3v) is 3.81. The number of nitrogens with one attached hydrogen (secondary N) is 1. The van der Waals surface area contributed by atoms with Crippen LogP contribution in [0.4, 0.5) is 5.82 Å². The number of likely N-dealkylation sites (tertiary alicyclic amines) is 1. The number of anilines is 1. The van der Waals surface area contributed by atoms with Crippen LogP contribution in [0.15, 0.2) is 12.1 Å². The summed E-state index contributed by atoms with van der Waals surface area (Å²) in [6, 6.07) is 4.32. The first-order chi connectivity index (χ1) is 9.10. The van der Waals surface area contributed by atoms with E-state index in [9.17, 15) is 0 Å². The number of aryl methyl sites for hydroxylation is 1. The molecule has 3 N–H and O–H groups in total. The molecule has 0 saturated carbocycles. The van der Waals surface area contributed by atoms with Crippen molar-refractivity contribution in [3.63, 3.8) is 0 Å². The monoisotopic (exact) mass is 278 g/mol. The number of rotatable bonds is 4. The van der Waals surface area contributed by atoms with E-state index in [1.165, 1.54) is 19.4 Å². The van der Waals surface area contributed by atoms with Gasteiger partial charge in [-0.2, -0.15) is 0 Å². The Kier molecular flexibility index (Phi) is 4.71. The molecule has 1 aromatic rings. The molecular weight excluding hydrogens is 256 g/mol. The van der Waals surface area contributed by atoms with Gasteiger partial charge in [0.25, 0.3) is 0 Å². The number of thiocarbonyl (C=S) groups is 1. The molecule has 0 radical (unpaired) electrons. The van der Waals surface area contributed by atoms with Gasteiger partial charge >= 0.3 is 0 Å². The maximum absolute atomic E-state index is 5.76. The summed E-state index contributed by atoms with van der Waals surface area (Å²) in [6.45, 7) is 7.53. The summed E-state index contributed by atoms with van der Waals surface area (Å²) in [7, 11) is 0. The van der Waals surface area contributed by atoms with Crippen molar-refractivity contribution in [2.24, 2.45) is 5.73 Å². The Bertz CT molecular complexity index is 461. The molecule has 1 unspecified atom stereocenters. The molecule has 1 aromatic heterocycles. The lowest BCUT2D eigenvalue weighted by molar-refractivity contribution is 0.226. The number of aromatic nitrogens is 1. The van der Waals surface area contributed by atoms with E-state index < -0.39 is 0 Å². The Morgan fingerprint density at radius 3 is 3.05 bits per heavy atom. The van der Waals surface area contributed by atoms with E-state index in [0.29, 0.717) is 11.0 Å². The Morgan fingerprint density at radius 2 is 2.37 bits per heavy atom. The van der Waals surface area contributed by atoms with Crippen molar-refractivity contribution in [3.8, 4) is 0 Å². The van der Waals surface area contributed by atoms with E-state index >= 15 is 0 Å². The van der Waals surface area contributed by atoms with Crippen molar-refractivity contribution in [1.29, 1.82) is 0 Å². The molecule has 0 spiro atoms. The zero-order chi connectivity index (χ0) is 13.8. The topological polar surface area (TPSA) is 54.2 Å².